The number of thioether (sulfide) groups is 1. The molecular formula is C16H20N2O2S. The van der Waals surface area contributed by atoms with Gasteiger partial charge in [-0.25, -0.2) is 0 Å². The number of benzene rings is 1. The third-order valence-corrected chi connectivity index (χ3v) is 4.68. The van der Waals surface area contributed by atoms with Crippen molar-refractivity contribution in [1.82, 2.24) is 0 Å². The highest BCUT2D eigenvalue weighted by atomic mass is 32.2. The zero-order chi connectivity index (χ0) is 15.2. The fourth-order valence-corrected chi connectivity index (χ4v) is 3.42. The van der Waals surface area contributed by atoms with Gasteiger partial charge in [-0.1, -0.05) is 6.07 Å². The summed E-state index contributed by atoms with van der Waals surface area (Å²) < 4.78 is 4.80. The smallest absolute Gasteiger partial charge is 0.307 e. The zero-order valence-electron chi connectivity index (χ0n) is 12.5. The maximum atomic E-state index is 11.6. The highest BCUT2D eigenvalue weighted by Gasteiger charge is 2.27. The van der Waals surface area contributed by atoms with Gasteiger partial charge in [0.25, 0.3) is 0 Å². The summed E-state index contributed by atoms with van der Waals surface area (Å²) in [6, 6.07) is 8.36. The van der Waals surface area contributed by atoms with Gasteiger partial charge in [0, 0.05) is 17.5 Å². The average Bonchev–Trinajstić information content (AvgIpc) is 2.54. The van der Waals surface area contributed by atoms with Crippen molar-refractivity contribution in [2.24, 2.45) is 0 Å². The molecule has 1 aliphatic rings. The number of hydrogen-bond acceptors (Lipinski definition) is 5. The van der Waals surface area contributed by atoms with Crippen LogP contribution in [0.5, 0.6) is 0 Å². The molecule has 112 valence electrons. The van der Waals surface area contributed by atoms with E-state index in [1.165, 1.54) is 7.11 Å². The first-order chi connectivity index (χ1) is 10.2. The van der Waals surface area contributed by atoms with Gasteiger partial charge >= 0.3 is 5.97 Å². The third-order valence-electron chi connectivity index (χ3n) is 3.90. The van der Waals surface area contributed by atoms with Crippen LogP contribution in [0.2, 0.25) is 0 Å². The fraction of sp³-hybridized carbons (Fsp3) is 0.500. The van der Waals surface area contributed by atoms with Gasteiger partial charge in [0.2, 0.25) is 0 Å². The summed E-state index contributed by atoms with van der Waals surface area (Å²) in [5.41, 5.74) is 1.65. The number of nitrogens with zero attached hydrogens (tertiary/aromatic N) is 2. The van der Waals surface area contributed by atoms with Crippen molar-refractivity contribution in [2.45, 2.75) is 36.6 Å². The molecule has 0 amide bonds. The molecule has 0 N–H and O–H groups in total. The van der Waals surface area contributed by atoms with E-state index in [1.807, 2.05) is 24.5 Å². The lowest BCUT2D eigenvalue weighted by Crippen LogP contribution is -2.41. The van der Waals surface area contributed by atoms with Gasteiger partial charge in [0.1, 0.15) is 6.07 Å². The molecule has 1 unspecified atom stereocenters. The highest BCUT2D eigenvalue weighted by molar-refractivity contribution is 7.98. The molecule has 1 aliphatic heterocycles. The molecule has 0 bridgehead atoms. The predicted octanol–water partition coefficient (Wildman–Crippen LogP) is 3.20. The summed E-state index contributed by atoms with van der Waals surface area (Å²) in [6.45, 7) is 0.883. The van der Waals surface area contributed by atoms with Crippen molar-refractivity contribution in [3.63, 3.8) is 0 Å². The van der Waals surface area contributed by atoms with Crippen molar-refractivity contribution >= 4 is 23.4 Å². The molecule has 1 aromatic carbocycles. The summed E-state index contributed by atoms with van der Waals surface area (Å²) in [7, 11) is 1.42. The van der Waals surface area contributed by atoms with Crippen molar-refractivity contribution in [3.05, 3.63) is 23.8 Å². The largest absolute Gasteiger partial charge is 0.469 e. The number of nitriles is 1. The van der Waals surface area contributed by atoms with Gasteiger partial charge in [-0.15, -0.1) is 11.8 Å². The zero-order valence-corrected chi connectivity index (χ0v) is 13.3. The quantitative estimate of drug-likeness (QED) is 0.631. The summed E-state index contributed by atoms with van der Waals surface area (Å²) in [4.78, 5) is 14.8. The number of esters is 1. The second-order valence-corrected chi connectivity index (χ2v) is 5.94. The van der Waals surface area contributed by atoms with Gasteiger partial charge in [0.05, 0.1) is 24.8 Å². The molecule has 0 aromatic heterocycles. The molecule has 1 saturated heterocycles. The first kappa shape index (κ1) is 15.7. The van der Waals surface area contributed by atoms with E-state index >= 15 is 0 Å². The molecule has 21 heavy (non-hydrogen) atoms. The second kappa shape index (κ2) is 7.37. The molecule has 0 radical (unpaired) electrons. The molecule has 0 aliphatic carbocycles. The molecule has 1 atom stereocenters. The Bertz CT molecular complexity index is 554. The number of carbonyl (C=O) groups is 1. The van der Waals surface area contributed by atoms with Crippen molar-refractivity contribution in [3.8, 4) is 6.07 Å². The highest BCUT2D eigenvalue weighted by Crippen LogP contribution is 2.33. The lowest BCUT2D eigenvalue weighted by atomic mass is 9.97. The lowest BCUT2D eigenvalue weighted by molar-refractivity contribution is -0.141. The minimum Gasteiger partial charge on any atom is -0.469 e. The van der Waals surface area contributed by atoms with E-state index in [1.54, 1.807) is 11.8 Å². The minimum absolute atomic E-state index is 0.121. The predicted molar refractivity (Wildman–Crippen MR) is 84.6 cm³/mol. The fourth-order valence-electron chi connectivity index (χ4n) is 2.85. The molecule has 1 fully saturated rings. The summed E-state index contributed by atoms with van der Waals surface area (Å²) >= 11 is 1.58. The SMILES string of the molecule is COC(=O)CC1CCCCN1c1cccc(SC)c1C#N. The van der Waals surface area contributed by atoms with Crippen LogP contribution in [0.1, 0.15) is 31.2 Å². The van der Waals surface area contributed by atoms with Crippen LogP contribution >= 0.6 is 11.8 Å². The Morgan fingerprint density at radius 3 is 3.00 bits per heavy atom. The van der Waals surface area contributed by atoms with Crippen LogP contribution < -0.4 is 4.90 Å². The summed E-state index contributed by atoms with van der Waals surface area (Å²) in [6.07, 6.45) is 5.52. The Morgan fingerprint density at radius 2 is 2.33 bits per heavy atom. The Morgan fingerprint density at radius 1 is 1.52 bits per heavy atom. The van der Waals surface area contributed by atoms with Gasteiger partial charge in [-0.3, -0.25) is 4.79 Å². The molecule has 4 nitrogen and oxygen atoms in total. The van der Waals surface area contributed by atoms with E-state index in [9.17, 15) is 10.1 Å². The Balaban J connectivity index is 2.33. The van der Waals surface area contributed by atoms with Gasteiger partial charge < -0.3 is 9.64 Å². The molecule has 1 aromatic rings. The lowest BCUT2D eigenvalue weighted by Gasteiger charge is -2.37. The second-order valence-electron chi connectivity index (χ2n) is 5.09. The van der Waals surface area contributed by atoms with Crippen LogP contribution in [0, 0.1) is 11.3 Å². The third kappa shape index (κ3) is 3.51. The van der Waals surface area contributed by atoms with Crippen molar-refractivity contribution in [1.29, 1.82) is 5.26 Å². The van der Waals surface area contributed by atoms with Crippen LogP contribution in [-0.4, -0.2) is 31.9 Å². The molecule has 5 heteroatoms. The average molecular weight is 304 g/mol. The number of ether oxygens (including phenoxy) is 1. The Hall–Kier alpha value is -1.67. The van der Waals surface area contributed by atoms with E-state index in [2.05, 4.69) is 11.0 Å². The Kier molecular flexibility index (Phi) is 5.51. The number of carbonyl (C=O) groups excluding carboxylic acids is 1. The maximum Gasteiger partial charge on any atom is 0.307 e. The van der Waals surface area contributed by atoms with Crippen molar-refractivity contribution in [2.75, 3.05) is 24.8 Å². The topological polar surface area (TPSA) is 53.3 Å². The summed E-state index contributed by atoms with van der Waals surface area (Å²) in [5.74, 6) is -0.188. The number of methoxy groups -OCH3 is 1. The van der Waals surface area contributed by atoms with Crippen LogP contribution in [0.15, 0.2) is 23.1 Å². The van der Waals surface area contributed by atoms with E-state index in [4.69, 9.17) is 4.74 Å². The van der Waals surface area contributed by atoms with E-state index in [-0.39, 0.29) is 12.0 Å². The van der Waals surface area contributed by atoms with Gasteiger partial charge in [-0.2, -0.15) is 5.26 Å². The monoisotopic (exact) mass is 304 g/mol. The molecule has 1 heterocycles. The molecule has 0 spiro atoms. The number of piperidine rings is 1. The van der Waals surface area contributed by atoms with Crippen LogP contribution in [0.25, 0.3) is 0 Å². The Labute approximate surface area is 130 Å². The standard InChI is InChI=1S/C16H20N2O2S/c1-20-16(19)10-12-6-3-4-9-18(12)14-7-5-8-15(21-2)13(14)11-17/h5,7-8,12H,3-4,6,9-10H2,1-2H3. The normalized spacial score (nSPS) is 18.1. The number of anilines is 1. The number of rotatable bonds is 4. The number of hydrogen-bond donors (Lipinski definition) is 0. The van der Waals surface area contributed by atoms with Crippen LogP contribution in [0.3, 0.4) is 0 Å². The van der Waals surface area contributed by atoms with Crippen LogP contribution in [-0.2, 0) is 9.53 Å². The van der Waals surface area contributed by atoms with E-state index in [0.29, 0.717) is 12.0 Å². The molecule has 0 saturated carbocycles. The van der Waals surface area contributed by atoms with E-state index < -0.39 is 0 Å². The van der Waals surface area contributed by atoms with E-state index in [0.717, 1.165) is 36.4 Å². The van der Waals surface area contributed by atoms with Crippen molar-refractivity contribution < 1.29 is 9.53 Å². The molecule has 2 rings (SSSR count). The molecular weight excluding hydrogens is 284 g/mol. The maximum absolute atomic E-state index is 11.6. The first-order valence-electron chi connectivity index (χ1n) is 7.11. The minimum atomic E-state index is -0.188. The van der Waals surface area contributed by atoms with Gasteiger partial charge in [0.15, 0.2) is 0 Å². The van der Waals surface area contributed by atoms with Gasteiger partial charge in [-0.05, 0) is 37.7 Å². The first-order valence-corrected chi connectivity index (χ1v) is 8.34. The summed E-state index contributed by atoms with van der Waals surface area (Å²) in [5, 5.41) is 9.49. The van der Waals surface area contributed by atoms with Crippen LogP contribution in [0.4, 0.5) is 5.69 Å².